The number of nitrogens with zero attached hydrogens (tertiary/aromatic N) is 2. The second-order valence-corrected chi connectivity index (χ2v) is 6.01. The van der Waals surface area contributed by atoms with Gasteiger partial charge in [-0.25, -0.2) is 0 Å². The van der Waals surface area contributed by atoms with Crippen LogP contribution in [0.3, 0.4) is 0 Å². The third-order valence-corrected chi connectivity index (χ3v) is 4.27. The van der Waals surface area contributed by atoms with E-state index in [1.54, 1.807) is 39.9 Å². The largest absolute Gasteiger partial charge is 0.454 e. The number of pyridine rings is 1. The number of furan rings is 1. The minimum atomic E-state index is -0.115. The van der Waals surface area contributed by atoms with E-state index in [0.29, 0.717) is 43.7 Å². The number of aromatic nitrogens is 1. The molecule has 0 unspecified atom stereocenters. The Labute approximate surface area is 140 Å². The van der Waals surface area contributed by atoms with E-state index >= 15 is 0 Å². The van der Waals surface area contributed by atoms with Crippen molar-refractivity contribution >= 4 is 5.91 Å². The first-order chi connectivity index (χ1) is 11.7. The van der Waals surface area contributed by atoms with E-state index in [4.69, 9.17) is 9.15 Å². The van der Waals surface area contributed by atoms with E-state index in [1.807, 2.05) is 6.92 Å². The normalized spacial score (nSPS) is 17.1. The average Bonchev–Trinajstić information content (AvgIpc) is 3.26. The van der Waals surface area contributed by atoms with Gasteiger partial charge in [-0.2, -0.15) is 0 Å². The molecule has 128 valence electrons. The van der Waals surface area contributed by atoms with Gasteiger partial charge in [0.25, 0.3) is 11.5 Å². The zero-order chi connectivity index (χ0) is 16.9. The minimum absolute atomic E-state index is 0.0989. The molecule has 1 atom stereocenters. The molecule has 0 bridgehead atoms. The Kier molecular flexibility index (Phi) is 5.15. The number of ether oxygens (including phenoxy) is 1. The lowest BCUT2D eigenvalue weighted by atomic mass is 10.1. The van der Waals surface area contributed by atoms with E-state index in [0.717, 1.165) is 13.0 Å². The zero-order valence-corrected chi connectivity index (χ0v) is 13.8. The van der Waals surface area contributed by atoms with Crippen molar-refractivity contribution in [1.29, 1.82) is 0 Å². The van der Waals surface area contributed by atoms with Crippen LogP contribution in [0.1, 0.15) is 29.7 Å². The number of amides is 1. The number of carbonyl (C=O) groups is 1. The lowest BCUT2D eigenvalue weighted by molar-refractivity contribution is 0.0697. The van der Waals surface area contributed by atoms with Crippen LogP contribution in [0.4, 0.5) is 0 Å². The third kappa shape index (κ3) is 3.76. The first-order valence-corrected chi connectivity index (χ1v) is 8.28. The van der Waals surface area contributed by atoms with Gasteiger partial charge in [0.05, 0.1) is 13.2 Å². The molecule has 1 amide bonds. The van der Waals surface area contributed by atoms with Gasteiger partial charge in [0.1, 0.15) is 5.76 Å². The molecule has 3 rings (SSSR count). The summed E-state index contributed by atoms with van der Waals surface area (Å²) in [7, 11) is 0. The van der Waals surface area contributed by atoms with Crippen LogP contribution in [0.2, 0.25) is 0 Å². The molecule has 0 aromatic carbocycles. The molecule has 6 nitrogen and oxygen atoms in total. The molecule has 0 saturated carbocycles. The maximum atomic E-state index is 12.6. The summed E-state index contributed by atoms with van der Waals surface area (Å²) < 4.78 is 12.6. The van der Waals surface area contributed by atoms with E-state index in [9.17, 15) is 9.59 Å². The Balaban J connectivity index is 1.68. The molecule has 0 aliphatic carbocycles. The van der Waals surface area contributed by atoms with Crippen LogP contribution < -0.4 is 5.56 Å². The van der Waals surface area contributed by atoms with Crippen LogP contribution >= 0.6 is 0 Å². The highest BCUT2D eigenvalue weighted by Crippen LogP contribution is 2.17. The SMILES string of the molecule is CCN(C[C@@H]1CCOC1)C(=O)c1ccc(Cn2ccccc2=O)o1. The van der Waals surface area contributed by atoms with E-state index in [2.05, 4.69) is 0 Å². The topological polar surface area (TPSA) is 64.7 Å². The van der Waals surface area contributed by atoms with Crippen molar-refractivity contribution in [1.82, 2.24) is 9.47 Å². The van der Waals surface area contributed by atoms with E-state index in [-0.39, 0.29) is 11.5 Å². The van der Waals surface area contributed by atoms with E-state index in [1.165, 1.54) is 6.07 Å². The predicted molar refractivity (Wildman–Crippen MR) is 89.0 cm³/mol. The first kappa shape index (κ1) is 16.5. The van der Waals surface area contributed by atoms with Crippen LogP contribution in [0.25, 0.3) is 0 Å². The van der Waals surface area contributed by atoms with Crippen LogP contribution in [-0.4, -0.2) is 41.7 Å². The maximum Gasteiger partial charge on any atom is 0.289 e. The molecular weight excluding hydrogens is 308 g/mol. The zero-order valence-electron chi connectivity index (χ0n) is 13.8. The Morgan fingerprint density at radius 1 is 1.33 bits per heavy atom. The smallest absolute Gasteiger partial charge is 0.289 e. The number of hydrogen-bond acceptors (Lipinski definition) is 4. The fraction of sp³-hybridized carbons (Fsp3) is 0.444. The maximum absolute atomic E-state index is 12.6. The van der Waals surface area contributed by atoms with Gasteiger partial charge < -0.3 is 18.6 Å². The van der Waals surface area contributed by atoms with Crippen LogP contribution in [0, 0.1) is 5.92 Å². The monoisotopic (exact) mass is 330 g/mol. The molecule has 1 saturated heterocycles. The van der Waals surface area contributed by atoms with Gasteiger partial charge in [-0.05, 0) is 31.5 Å². The quantitative estimate of drug-likeness (QED) is 0.812. The molecule has 2 aromatic rings. The van der Waals surface area contributed by atoms with Gasteiger partial charge in [-0.3, -0.25) is 9.59 Å². The van der Waals surface area contributed by atoms with Crippen molar-refractivity contribution < 1.29 is 13.9 Å². The molecule has 0 radical (unpaired) electrons. The highest BCUT2D eigenvalue weighted by Gasteiger charge is 2.24. The first-order valence-electron chi connectivity index (χ1n) is 8.28. The van der Waals surface area contributed by atoms with Crippen LogP contribution in [-0.2, 0) is 11.3 Å². The summed E-state index contributed by atoms with van der Waals surface area (Å²) >= 11 is 0. The Morgan fingerprint density at radius 2 is 2.21 bits per heavy atom. The summed E-state index contributed by atoms with van der Waals surface area (Å²) in [5.41, 5.74) is -0.0989. The van der Waals surface area contributed by atoms with Crippen molar-refractivity contribution in [3.8, 4) is 0 Å². The van der Waals surface area contributed by atoms with Crippen molar-refractivity contribution in [3.05, 3.63) is 58.4 Å². The van der Waals surface area contributed by atoms with Crippen molar-refractivity contribution in [2.24, 2.45) is 5.92 Å². The second-order valence-electron chi connectivity index (χ2n) is 6.01. The number of rotatable bonds is 6. The standard InChI is InChI=1S/C18H22N2O4/c1-2-19(11-14-8-10-23-13-14)18(22)16-7-6-15(24-16)12-20-9-4-3-5-17(20)21/h3-7,9,14H,2,8,10-13H2,1H3/t14-/m0/s1. The molecule has 6 heteroatoms. The molecule has 2 aromatic heterocycles. The lowest BCUT2D eigenvalue weighted by Crippen LogP contribution is -2.35. The van der Waals surface area contributed by atoms with E-state index < -0.39 is 0 Å². The Morgan fingerprint density at radius 3 is 2.92 bits per heavy atom. The summed E-state index contributed by atoms with van der Waals surface area (Å²) in [6, 6.07) is 8.41. The fourth-order valence-electron chi connectivity index (χ4n) is 2.89. The Bertz CT molecular complexity index is 743. The van der Waals surface area contributed by atoms with Crippen molar-refractivity contribution in [3.63, 3.8) is 0 Å². The van der Waals surface area contributed by atoms with Crippen molar-refractivity contribution in [2.75, 3.05) is 26.3 Å². The summed E-state index contributed by atoms with van der Waals surface area (Å²) in [6.45, 7) is 5.07. The summed E-state index contributed by atoms with van der Waals surface area (Å²) in [5, 5.41) is 0. The second kappa shape index (κ2) is 7.49. The lowest BCUT2D eigenvalue weighted by Gasteiger charge is -2.22. The van der Waals surface area contributed by atoms with Crippen LogP contribution in [0.5, 0.6) is 0 Å². The predicted octanol–water partition coefficient (Wildman–Crippen LogP) is 1.99. The molecule has 1 fully saturated rings. The van der Waals surface area contributed by atoms with Gasteiger partial charge in [-0.15, -0.1) is 0 Å². The molecular formula is C18H22N2O4. The van der Waals surface area contributed by atoms with Gasteiger partial charge in [-0.1, -0.05) is 6.07 Å². The summed E-state index contributed by atoms with van der Waals surface area (Å²) in [6.07, 6.45) is 2.69. The summed E-state index contributed by atoms with van der Waals surface area (Å²) in [4.78, 5) is 26.2. The molecule has 24 heavy (non-hydrogen) atoms. The number of hydrogen-bond donors (Lipinski definition) is 0. The Hall–Kier alpha value is -2.34. The summed E-state index contributed by atoms with van der Waals surface area (Å²) in [5.74, 6) is 1.18. The van der Waals surface area contributed by atoms with Gasteiger partial charge >= 0.3 is 0 Å². The number of carbonyl (C=O) groups excluding carboxylic acids is 1. The molecule has 3 heterocycles. The highest BCUT2D eigenvalue weighted by molar-refractivity contribution is 5.91. The molecule has 1 aliphatic heterocycles. The fourth-order valence-corrected chi connectivity index (χ4v) is 2.89. The highest BCUT2D eigenvalue weighted by atomic mass is 16.5. The molecule has 0 spiro atoms. The van der Waals surface area contributed by atoms with Crippen molar-refractivity contribution in [2.45, 2.75) is 19.9 Å². The van der Waals surface area contributed by atoms with Gasteiger partial charge in [0.15, 0.2) is 5.76 Å². The average molecular weight is 330 g/mol. The van der Waals surface area contributed by atoms with Gasteiger partial charge in [0, 0.05) is 37.9 Å². The molecule has 1 aliphatic rings. The van der Waals surface area contributed by atoms with Crippen LogP contribution in [0.15, 0.2) is 45.7 Å². The van der Waals surface area contributed by atoms with Gasteiger partial charge in [0.2, 0.25) is 0 Å². The third-order valence-electron chi connectivity index (χ3n) is 4.27. The molecule has 0 N–H and O–H groups in total. The minimum Gasteiger partial charge on any atom is -0.454 e.